The van der Waals surface area contributed by atoms with E-state index in [1.165, 1.54) is 5.56 Å². The van der Waals surface area contributed by atoms with Crippen molar-refractivity contribution in [2.75, 3.05) is 6.54 Å². The maximum Gasteiger partial charge on any atom is 0.255 e. The van der Waals surface area contributed by atoms with E-state index in [2.05, 4.69) is 41.1 Å². The number of nitrogens with zero attached hydrogens (tertiary/aromatic N) is 1. The Kier molecular flexibility index (Phi) is 5.18. The van der Waals surface area contributed by atoms with Crippen LogP contribution in [-0.2, 0) is 6.54 Å². The molecule has 0 radical (unpaired) electrons. The van der Waals surface area contributed by atoms with Crippen molar-refractivity contribution in [1.29, 1.82) is 0 Å². The molecule has 0 aliphatic heterocycles. The number of hydrogen-bond donors (Lipinski definition) is 0. The molecule has 0 atom stereocenters. The molecule has 0 saturated heterocycles. The smallest absolute Gasteiger partial charge is 0.255 e. The van der Waals surface area contributed by atoms with Gasteiger partial charge in [0.2, 0.25) is 0 Å². The van der Waals surface area contributed by atoms with Gasteiger partial charge in [-0.2, -0.15) is 0 Å². The highest BCUT2D eigenvalue weighted by Crippen LogP contribution is 2.23. The number of halogens is 1. The summed E-state index contributed by atoms with van der Waals surface area (Å²) in [7, 11) is 0. The van der Waals surface area contributed by atoms with Gasteiger partial charge >= 0.3 is 0 Å². The SMILES string of the molecule is CCN(Cc1cccc(C)c1)C(=O)c1cccc(C)c1Br. The molecule has 0 aromatic heterocycles. The number of rotatable bonds is 4. The fourth-order valence-electron chi connectivity index (χ4n) is 2.34. The predicted octanol–water partition coefficient (Wildman–Crippen LogP) is 4.73. The Hall–Kier alpha value is -1.61. The first-order valence-corrected chi connectivity index (χ1v) is 7.92. The van der Waals surface area contributed by atoms with Gasteiger partial charge in [-0.05, 0) is 53.9 Å². The fraction of sp³-hybridized carbons (Fsp3) is 0.278. The molecule has 3 heteroatoms. The van der Waals surface area contributed by atoms with Gasteiger partial charge in [0.25, 0.3) is 5.91 Å². The average Bonchev–Trinajstić information content (AvgIpc) is 2.47. The second-order valence-corrected chi connectivity index (χ2v) is 6.04. The molecule has 0 N–H and O–H groups in total. The molecule has 0 bridgehead atoms. The van der Waals surface area contributed by atoms with E-state index in [-0.39, 0.29) is 5.91 Å². The van der Waals surface area contributed by atoms with E-state index < -0.39 is 0 Å². The molecule has 0 spiro atoms. The van der Waals surface area contributed by atoms with Crippen molar-refractivity contribution in [1.82, 2.24) is 4.90 Å². The summed E-state index contributed by atoms with van der Waals surface area (Å²) in [5.41, 5.74) is 4.18. The van der Waals surface area contributed by atoms with Crippen molar-refractivity contribution in [3.8, 4) is 0 Å². The van der Waals surface area contributed by atoms with E-state index in [4.69, 9.17) is 0 Å². The van der Waals surface area contributed by atoms with Gasteiger partial charge in [-0.1, -0.05) is 42.0 Å². The molecule has 2 aromatic rings. The van der Waals surface area contributed by atoms with Crippen LogP contribution in [0.3, 0.4) is 0 Å². The summed E-state index contributed by atoms with van der Waals surface area (Å²) >= 11 is 3.53. The molecule has 0 aliphatic carbocycles. The Balaban J connectivity index is 2.25. The van der Waals surface area contributed by atoms with Crippen LogP contribution in [0.4, 0.5) is 0 Å². The minimum Gasteiger partial charge on any atom is -0.335 e. The number of hydrogen-bond acceptors (Lipinski definition) is 1. The van der Waals surface area contributed by atoms with Gasteiger partial charge in [0.05, 0.1) is 5.56 Å². The molecule has 0 unspecified atom stereocenters. The van der Waals surface area contributed by atoms with Crippen LogP contribution < -0.4 is 0 Å². The zero-order valence-electron chi connectivity index (χ0n) is 12.7. The Morgan fingerprint density at radius 3 is 2.52 bits per heavy atom. The van der Waals surface area contributed by atoms with Crippen molar-refractivity contribution in [3.05, 3.63) is 69.2 Å². The van der Waals surface area contributed by atoms with Crippen LogP contribution >= 0.6 is 15.9 Å². The van der Waals surface area contributed by atoms with Crippen LogP contribution in [0.25, 0.3) is 0 Å². The minimum atomic E-state index is 0.0644. The molecule has 2 nitrogen and oxygen atoms in total. The van der Waals surface area contributed by atoms with E-state index in [1.807, 2.05) is 43.0 Å². The van der Waals surface area contributed by atoms with E-state index in [0.29, 0.717) is 13.1 Å². The lowest BCUT2D eigenvalue weighted by atomic mass is 10.1. The van der Waals surface area contributed by atoms with Gasteiger partial charge in [-0.25, -0.2) is 0 Å². The van der Waals surface area contributed by atoms with Gasteiger partial charge in [-0.15, -0.1) is 0 Å². The van der Waals surface area contributed by atoms with Crippen LogP contribution in [-0.4, -0.2) is 17.4 Å². The highest BCUT2D eigenvalue weighted by molar-refractivity contribution is 9.10. The standard InChI is InChI=1S/C18H20BrNO/c1-4-20(12-15-9-5-7-13(2)11-15)18(21)16-10-6-8-14(3)17(16)19/h5-11H,4,12H2,1-3H3. The molecule has 0 saturated carbocycles. The number of carbonyl (C=O) groups is 1. The molecule has 0 aliphatic rings. The summed E-state index contributed by atoms with van der Waals surface area (Å²) in [6.07, 6.45) is 0. The number of aryl methyl sites for hydroxylation is 2. The van der Waals surface area contributed by atoms with Crippen molar-refractivity contribution in [2.24, 2.45) is 0 Å². The first kappa shape index (κ1) is 15.8. The van der Waals surface area contributed by atoms with Gasteiger partial charge < -0.3 is 4.90 Å². The van der Waals surface area contributed by atoms with Crippen molar-refractivity contribution < 1.29 is 4.79 Å². The Morgan fingerprint density at radius 1 is 1.14 bits per heavy atom. The Bertz CT molecular complexity index is 651. The van der Waals surface area contributed by atoms with Gasteiger partial charge in [0.15, 0.2) is 0 Å². The molecule has 0 fully saturated rings. The van der Waals surface area contributed by atoms with Crippen LogP contribution in [0.1, 0.15) is 34.0 Å². The lowest BCUT2D eigenvalue weighted by Gasteiger charge is -2.22. The third-order valence-corrected chi connectivity index (χ3v) is 4.60. The molecular weight excluding hydrogens is 326 g/mol. The Morgan fingerprint density at radius 2 is 1.86 bits per heavy atom. The van der Waals surface area contributed by atoms with Crippen LogP contribution in [0, 0.1) is 13.8 Å². The second-order valence-electron chi connectivity index (χ2n) is 5.24. The summed E-state index contributed by atoms with van der Waals surface area (Å²) in [4.78, 5) is 14.6. The normalized spacial score (nSPS) is 10.5. The van der Waals surface area contributed by atoms with Gasteiger partial charge in [0, 0.05) is 17.6 Å². The minimum absolute atomic E-state index is 0.0644. The zero-order valence-corrected chi connectivity index (χ0v) is 14.3. The largest absolute Gasteiger partial charge is 0.335 e. The zero-order chi connectivity index (χ0) is 15.4. The van der Waals surface area contributed by atoms with E-state index >= 15 is 0 Å². The van der Waals surface area contributed by atoms with Crippen molar-refractivity contribution >= 4 is 21.8 Å². The summed E-state index contributed by atoms with van der Waals surface area (Å²) in [6, 6.07) is 14.1. The highest BCUT2D eigenvalue weighted by atomic mass is 79.9. The molecular formula is C18H20BrNO. The number of benzene rings is 2. The maximum atomic E-state index is 12.7. The van der Waals surface area contributed by atoms with Crippen LogP contribution in [0.2, 0.25) is 0 Å². The maximum absolute atomic E-state index is 12.7. The average molecular weight is 346 g/mol. The lowest BCUT2D eigenvalue weighted by molar-refractivity contribution is 0.0751. The summed E-state index contributed by atoms with van der Waals surface area (Å²) in [5, 5.41) is 0. The molecule has 2 rings (SSSR count). The summed E-state index contributed by atoms with van der Waals surface area (Å²) in [6.45, 7) is 7.40. The van der Waals surface area contributed by atoms with E-state index in [0.717, 1.165) is 21.2 Å². The van der Waals surface area contributed by atoms with Gasteiger partial charge in [-0.3, -0.25) is 4.79 Å². The Labute approximate surface area is 134 Å². The van der Waals surface area contributed by atoms with Gasteiger partial charge in [0.1, 0.15) is 0 Å². The van der Waals surface area contributed by atoms with Crippen molar-refractivity contribution in [2.45, 2.75) is 27.3 Å². The fourth-order valence-corrected chi connectivity index (χ4v) is 2.77. The third-order valence-electron chi connectivity index (χ3n) is 3.55. The quantitative estimate of drug-likeness (QED) is 0.784. The monoisotopic (exact) mass is 345 g/mol. The number of amides is 1. The highest BCUT2D eigenvalue weighted by Gasteiger charge is 2.17. The first-order chi connectivity index (χ1) is 10.0. The summed E-state index contributed by atoms with van der Waals surface area (Å²) < 4.78 is 0.887. The molecule has 110 valence electrons. The van der Waals surface area contributed by atoms with Crippen LogP contribution in [0.5, 0.6) is 0 Å². The summed E-state index contributed by atoms with van der Waals surface area (Å²) in [5.74, 6) is 0.0644. The van der Waals surface area contributed by atoms with Crippen LogP contribution in [0.15, 0.2) is 46.9 Å². The van der Waals surface area contributed by atoms with Crippen molar-refractivity contribution in [3.63, 3.8) is 0 Å². The topological polar surface area (TPSA) is 20.3 Å². The molecule has 1 amide bonds. The number of carbonyl (C=O) groups excluding carboxylic acids is 1. The molecule has 0 heterocycles. The molecule has 2 aromatic carbocycles. The lowest BCUT2D eigenvalue weighted by Crippen LogP contribution is -2.30. The second kappa shape index (κ2) is 6.90. The van der Waals surface area contributed by atoms with E-state index in [9.17, 15) is 4.79 Å². The van der Waals surface area contributed by atoms with E-state index in [1.54, 1.807) is 0 Å². The predicted molar refractivity (Wildman–Crippen MR) is 90.5 cm³/mol. The first-order valence-electron chi connectivity index (χ1n) is 7.13. The third kappa shape index (κ3) is 3.73. The molecule has 21 heavy (non-hydrogen) atoms.